The van der Waals surface area contributed by atoms with Crippen molar-refractivity contribution in [1.29, 1.82) is 0 Å². The Balaban J connectivity index is 1.17. The summed E-state index contributed by atoms with van der Waals surface area (Å²) in [7, 11) is 2.10. The Morgan fingerprint density at radius 3 is 2.39 bits per heavy atom. The first-order chi connectivity index (χ1) is 19.7. The fourth-order valence-corrected chi connectivity index (χ4v) is 6.39. The van der Waals surface area contributed by atoms with Crippen molar-refractivity contribution in [1.82, 2.24) is 20.0 Å². The van der Waals surface area contributed by atoms with E-state index in [0.717, 1.165) is 105 Å². The SMILES string of the molecule is C=Cc1ccc(N2CCC(CN3CCN(Cc4ccc(F)cc4)C3=C)CC2)cc1C(=C)N(C)C1CCC(=C)NC1=C. The molecule has 3 aliphatic heterocycles. The van der Waals surface area contributed by atoms with Crippen molar-refractivity contribution < 1.29 is 4.39 Å². The summed E-state index contributed by atoms with van der Waals surface area (Å²) in [4.78, 5) is 9.49. The highest BCUT2D eigenvalue weighted by Crippen LogP contribution is 2.33. The van der Waals surface area contributed by atoms with Gasteiger partial charge in [0.2, 0.25) is 0 Å². The van der Waals surface area contributed by atoms with Crippen molar-refractivity contribution in [2.24, 2.45) is 5.92 Å². The molecule has 0 aromatic heterocycles. The van der Waals surface area contributed by atoms with Crippen LogP contribution in [0.3, 0.4) is 0 Å². The molecular formula is C35H44FN5. The van der Waals surface area contributed by atoms with E-state index in [1.54, 1.807) is 0 Å². The molecule has 0 bridgehead atoms. The van der Waals surface area contributed by atoms with Crippen LogP contribution in [0.1, 0.15) is 42.4 Å². The quantitative estimate of drug-likeness (QED) is 0.375. The van der Waals surface area contributed by atoms with Crippen molar-refractivity contribution in [3.63, 3.8) is 0 Å². The smallest absolute Gasteiger partial charge is 0.123 e. The molecule has 0 radical (unpaired) electrons. The summed E-state index contributed by atoms with van der Waals surface area (Å²) in [5.41, 5.74) is 7.55. The van der Waals surface area contributed by atoms with Crippen LogP contribution in [0.15, 0.2) is 92.6 Å². The van der Waals surface area contributed by atoms with E-state index in [1.807, 2.05) is 18.2 Å². The number of hydrogen-bond donors (Lipinski definition) is 1. The number of nitrogens with one attached hydrogen (secondary N) is 1. The Morgan fingerprint density at radius 1 is 1.00 bits per heavy atom. The van der Waals surface area contributed by atoms with Crippen LogP contribution in [-0.2, 0) is 6.54 Å². The molecule has 41 heavy (non-hydrogen) atoms. The lowest BCUT2D eigenvalue weighted by molar-refractivity contribution is 0.263. The molecule has 0 saturated carbocycles. The number of hydrogen-bond acceptors (Lipinski definition) is 5. The molecule has 216 valence electrons. The molecule has 2 aromatic rings. The van der Waals surface area contributed by atoms with E-state index in [2.05, 4.69) is 83.1 Å². The number of likely N-dealkylation sites (N-methyl/N-ethyl adjacent to an activating group) is 1. The number of piperidine rings is 2. The zero-order valence-electron chi connectivity index (χ0n) is 24.5. The number of nitrogens with zero attached hydrogens (tertiary/aromatic N) is 4. The normalized spacial score (nSPS) is 19.9. The first-order valence-electron chi connectivity index (χ1n) is 14.7. The van der Waals surface area contributed by atoms with Crippen LogP contribution in [0.4, 0.5) is 10.1 Å². The zero-order chi connectivity index (χ0) is 29.1. The van der Waals surface area contributed by atoms with Gasteiger partial charge in [0.05, 0.1) is 11.9 Å². The van der Waals surface area contributed by atoms with Gasteiger partial charge in [0.25, 0.3) is 0 Å². The largest absolute Gasteiger partial charge is 0.371 e. The molecule has 2 aromatic carbocycles. The lowest BCUT2D eigenvalue weighted by Gasteiger charge is -2.38. The molecule has 0 aliphatic carbocycles. The number of benzene rings is 2. The third-order valence-electron chi connectivity index (χ3n) is 9.03. The van der Waals surface area contributed by atoms with Crippen LogP contribution in [0.2, 0.25) is 0 Å². The van der Waals surface area contributed by atoms with Gasteiger partial charge in [-0.05, 0) is 67.0 Å². The first-order valence-corrected chi connectivity index (χ1v) is 14.7. The van der Waals surface area contributed by atoms with E-state index in [1.165, 1.54) is 17.8 Å². The van der Waals surface area contributed by atoms with Crippen molar-refractivity contribution in [2.75, 3.05) is 44.7 Å². The van der Waals surface area contributed by atoms with Crippen LogP contribution in [-0.4, -0.2) is 60.5 Å². The number of anilines is 1. The molecule has 6 heteroatoms. The maximum Gasteiger partial charge on any atom is 0.123 e. The summed E-state index contributed by atoms with van der Waals surface area (Å²) in [6, 6.07) is 13.6. The third kappa shape index (κ3) is 6.37. The summed E-state index contributed by atoms with van der Waals surface area (Å²) in [6.07, 6.45) is 6.13. The highest BCUT2D eigenvalue weighted by molar-refractivity contribution is 5.75. The monoisotopic (exact) mass is 553 g/mol. The van der Waals surface area contributed by atoms with Crippen molar-refractivity contribution >= 4 is 17.5 Å². The van der Waals surface area contributed by atoms with E-state index in [0.29, 0.717) is 5.92 Å². The minimum atomic E-state index is -0.192. The van der Waals surface area contributed by atoms with Gasteiger partial charge < -0.3 is 24.9 Å². The Labute approximate surface area is 245 Å². The van der Waals surface area contributed by atoms with Gasteiger partial charge >= 0.3 is 0 Å². The zero-order valence-corrected chi connectivity index (χ0v) is 24.5. The maximum absolute atomic E-state index is 13.3. The first kappa shape index (κ1) is 28.6. The fourth-order valence-electron chi connectivity index (χ4n) is 6.39. The second kappa shape index (κ2) is 12.3. The number of halogens is 1. The van der Waals surface area contributed by atoms with E-state index < -0.39 is 0 Å². The van der Waals surface area contributed by atoms with E-state index >= 15 is 0 Å². The minimum Gasteiger partial charge on any atom is -0.371 e. The van der Waals surface area contributed by atoms with Crippen molar-refractivity contribution in [2.45, 2.75) is 38.3 Å². The Hall–Kier alpha value is -3.93. The van der Waals surface area contributed by atoms with Crippen LogP contribution in [0.25, 0.3) is 11.8 Å². The second-order valence-electron chi connectivity index (χ2n) is 11.7. The predicted molar refractivity (Wildman–Crippen MR) is 170 cm³/mol. The summed E-state index contributed by atoms with van der Waals surface area (Å²) < 4.78 is 13.3. The highest BCUT2D eigenvalue weighted by Gasteiger charge is 2.29. The molecule has 3 heterocycles. The molecule has 3 aliphatic rings. The fraction of sp³-hybridized carbons (Fsp3) is 0.371. The van der Waals surface area contributed by atoms with E-state index in [9.17, 15) is 4.39 Å². The topological polar surface area (TPSA) is 25.0 Å². The summed E-state index contributed by atoms with van der Waals surface area (Å²) in [6.45, 7) is 27.1. The van der Waals surface area contributed by atoms with Gasteiger partial charge in [-0.25, -0.2) is 4.39 Å². The van der Waals surface area contributed by atoms with Crippen LogP contribution < -0.4 is 10.2 Å². The number of rotatable bonds is 9. The van der Waals surface area contributed by atoms with Gasteiger partial charge in [-0.2, -0.15) is 0 Å². The van der Waals surface area contributed by atoms with Crippen molar-refractivity contribution in [3.8, 4) is 0 Å². The molecule has 1 unspecified atom stereocenters. The van der Waals surface area contributed by atoms with Gasteiger partial charge in [-0.3, -0.25) is 0 Å². The lowest BCUT2D eigenvalue weighted by Crippen LogP contribution is -2.40. The Bertz CT molecular complexity index is 1320. The molecule has 3 fully saturated rings. The molecule has 5 nitrogen and oxygen atoms in total. The highest BCUT2D eigenvalue weighted by atomic mass is 19.1. The minimum absolute atomic E-state index is 0.178. The second-order valence-corrected chi connectivity index (χ2v) is 11.7. The van der Waals surface area contributed by atoms with Gasteiger partial charge in [-0.15, -0.1) is 0 Å². The number of allylic oxidation sites excluding steroid dienone is 1. The lowest BCUT2D eigenvalue weighted by atomic mass is 9.94. The third-order valence-corrected chi connectivity index (χ3v) is 9.03. The van der Waals surface area contributed by atoms with Crippen LogP contribution >= 0.6 is 0 Å². The molecule has 0 spiro atoms. The molecule has 1 atom stereocenters. The molecule has 3 saturated heterocycles. The average Bonchev–Trinajstić information content (AvgIpc) is 3.31. The van der Waals surface area contributed by atoms with Gasteiger partial charge in [0, 0.05) is 74.7 Å². The van der Waals surface area contributed by atoms with E-state index in [-0.39, 0.29) is 11.9 Å². The standard InChI is InChI=1S/C35H44FN5/c1-7-31-11-14-33(22-34(31)27(4)38(6)35-15-8-25(2)37-26(35)3)39-18-16-30(17-19-39)24-41-21-20-40(28(41)5)23-29-9-12-32(36)13-10-29/h7,9-14,22,30,35,37H,1-5,8,15-21,23-24H2,6H3. The average molecular weight is 554 g/mol. The van der Waals surface area contributed by atoms with Gasteiger partial charge in [0.15, 0.2) is 0 Å². The van der Waals surface area contributed by atoms with Gasteiger partial charge in [0.1, 0.15) is 5.82 Å². The summed E-state index contributed by atoms with van der Waals surface area (Å²) in [5, 5.41) is 3.33. The Kier molecular flexibility index (Phi) is 8.57. The Morgan fingerprint density at radius 2 is 1.71 bits per heavy atom. The van der Waals surface area contributed by atoms with Crippen LogP contribution in [0.5, 0.6) is 0 Å². The van der Waals surface area contributed by atoms with Crippen LogP contribution in [0, 0.1) is 11.7 Å². The van der Waals surface area contributed by atoms with Gasteiger partial charge in [-0.1, -0.05) is 57.2 Å². The summed E-state index contributed by atoms with van der Waals surface area (Å²) in [5.74, 6) is 1.54. The molecule has 5 rings (SSSR count). The molecule has 1 N–H and O–H groups in total. The molecular weight excluding hydrogens is 509 g/mol. The predicted octanol–water partition coefficient (Wildman–Crippen LogP) is 6.66. The molecule has 0 amide bonds. The summed E-state index contributed by atoms with van der Waals surface area (Å²) >= 11 is 0. The van der Waals surface area contributed by atoms with Crippen molar-refractivity contribution in [3.05, 3.63) is 115 Å². The maximum atomic E-state index is 13.3. The van der Waals surface area contributed by atoms with E-state index in [4.69, 9.17) is 0 Å².